The molecule has 1 rings (SSSR count). The van der Waals surface area contributed by atoms with Crippen molar-refractivity contribution < 1.29 is 9.47 Å². The Bertz CT molecular complexity index is 263. The summed E-state index contributed by atoms with van der Waals surface area (Å²) in [5.74, 6) is 1.08. The molecule has 0 saturated heterocycles. The zero-order valence-corrected chi connectivity index (χ0v) is 10.8. The van der Waals surface area contributed by atoms with Gasteiger partial charge in [-0.05, 0) is 12.8 Å². The normalized spacial score (nSPS) is 10.9. The van der Waals surface area contributed by atoms with Crippen LogP contribution in [0.15, 0.2) is 12.4 Å². The molecule has 0 atom stereocenters. The molecule has 5 heteroatoms. The quantitative estimate of drug-likeness (QED) is 0.622. The third-order valence-electron chi connectivity index (χ3n) is 2.57. The Kier molecular flexibility index (Phi) is 7.62. The van der Waals surface area contributed by atoms with Gasteiger partial charge in [-0.25, -0.2) is 4.98 Å². The number of ether oxygens (including phenoxy) is 2. The lowest BCUT2D eigenvalue weighted by atomic mass is 10.3. The predicted molar refractivity (Wildman–Crippen MR) is 66.9 cm³/mol. The Hall–Kier alpha value is -0.910. The molecule has 0 saturated carbocycles. The van der Waals surface area contributed by atoms with E-state index in [1.165, 1.54) is 0 Å². The molecule has 0 amide bonds. The van der Waals surface area contributed by atoms with Crippen LogP contribution in [0.3, 0.4) is 0 Å². The molecule has 0 aliphatic rings. The van der Waals surface area contributed by atoms with Crippen molar-refractivity contribution in [1.82, 2.24) is 14.9 Å². The SMILES string of the molecule is COCCCCn1ccnc1CNCCOC. The number of nitrogens with one attached hydrogen (secondary N) is 1. The van der Waals surface area contributed by atoms with Crippen LogP contribution in [0.4, 0.5) is 0 Å². The fourth-order valence-electron chi connectivity index (χ4n) is 1.61. The number of hydrogen-bond acceptors (Lipinski definition) is 4. The van der Waals surface area contributed by atoms with Crippen molar-refractivity contribution in [2.45, 2.75) is 25.9 Å². The third-order valence-corrected chi connectivity index (χ3v) is 2.57. The summed E-state index contributed by atoms with van der Waals surface area (Å²) in [6.45, 7) is 4.21. The zero-order valence-electron chi connectivity index (χ0n) is 10.8. The fraction of sp³-hybridized carbons (Fsp3) is 0.750. The van der Waals surface area contributed by atoms with Crippen molar-refractivity contribution in [3.05, 3.63) is 18.2 Å². The van der Waals surface area contributed by atoms with E-state index < -0.39 is 0 Å². The van der Waals surface area contributed by atoms with Gasteiger partial charge in [-0.2, -0.15) is 0 Å². The molecule has 0 unspecified atom stereocenters. The summed E-state index contributed by atoms with van der Waals surface area (Å²) in [5.41, 5.74) is 0. The lowest BCUT2D eigenvalue weighted by Gasteiger charge is -2.08. The van der Waals surface area contributed by atoms with Crippen LogP contribution in [0.2, 0.25) is 0 Å². The number of imidazole rings is 1. The highest BCUT2D eigenvalue weighted by Gasteiger charge is 2.01. The van der Waals surface area contributed by atoms with Gasteiger partial charge in [-0.3, -0.25) is 0 Å². The molecular formula is C12H23N3O2. The van der Waals surface area contributed by atoms with E-state index in [0.717, 1.165) is 51.5 Å². The van der Waals surface area contributed by atoms with Gasteiger partial charge in [-0.1, -0.05) is 0 Å². The Morgan fingerprint density at radius 1 is 1.24 bits per heavy atom. The lowest BCUT2D eigenvalue weighted by molar-refractivity contribution is 0.191. The van der Waals surface area contributed by atoms with Gasteiger partial charge in [-0.15, -0.1) is 0 Å². The Labute approximate surface area is 103 Å². The van der Waals surface area contributed by atoms with Gasteiger partial charge in [0.05, 0.1) is 13.2 Å². The standard InChI is InChI=1S/C12H23N3O2/c1-16-9-4-3-7-15-8-5-14-12(15)11-13-6-10-17-2/h5,8,13H,3-4,6-7,9-11H2,1-2H3. The van der Waals surface area contributed by atoms with Gasteiger partial charge in [0, 0.05) is 46.3 Å². The fourth-order valence-corrected chi connectivity index (χ4v) is 1.61. The van der Waals surface area contributed by atoms with E-state index in [4.69, 9.17) is 9.47 Å². The molecule has 0 radical (unpaired) electrons. The van der Waals surface area contributed by atoms with Crippen LogP contribution in [-0.4, -0.2) is 43.5 Å². The third kappa shape index (κ3) is 5.81. The summed E-state index contributed by atoms with van der Waals surface area (Å²) in [7, 11) is 3.45. The number of aromatic nitrogens is 2. The second kappa shape index (κ2) is 9.15. The first-order valence-electron chi connectivity index (χ1n) is 6.07. The van der Waals surface area contributed by atoms with Crippen molar-refractivity contribution in [2.24, 2.45) is 0 Å². The van der Waals surface area contributed by atoms with E-state index in [1.54, 1.807) is 14.2 Å². The molecule has 0 fully saturated rings. The van der Waals surface area contributed by atoms with Gasteiger partial charge in [0.15, 0.2) is 0 Å². The van der Waals surface area contributed by atoms with E-state index in [-0.39, 0.29) is 0 Å². The largest absolute Gasteiger partial charge is 0.385 e. The topological polar surface area (TPSA) is 48.3 Å². The van der Waals surface area contributed by atoms with Crippen LogP contribution in [0.25, 0.3) is 0 Å². The van der Waals surface area contributed by atoms with Crippen LogP contribution < -0.4 is 5.32 Å². The number of aryl methyl sites for hydroxylation is 1. The maximum atomic E-state index is 5.03. The Morgan fingerprint density at radius 3 is 2.82 bits per heavy atom. The smallest absolute Gasteiger partial charge is 0.122 e. The maximum absolute atomic E-state index is 5.03. The van der Waals surface area contributed by atoms with Crippen molar-refractivity contribution in [3.63, 3.8) is 0 Å². The number of unbranched alkanes of at least 4 members (excludes halogenated alkanes) is 1. The molecule has 5 nitrogen and oxygen atoms in total. The molecule has 98 valence electrons. The molecule has 0 aliphatic carbocycles. The highest BCUT2D eigenvalue weighted by Crippen LogP contribution is 2.01. The van der Waals surface area contributed by atoms with Crippen molar-refractivity contribution in [1.29, 1.82) is 0 Å². The van der Waals surface area contributed by atoms with Gasteiger partial charge in [0.25, 0.3) is 0 Å². The first kappa shape index (κ1) is 14.2. The number of nitrogens with zero attached hydrogens (tertiary/aromatic N) is 2. The first-order valence-corrected chi connectivity index (χ1v) is 6.07. The van der Waals surface area contributed by atoms with Crippen LogP contribution in [0.1, 0.15) is 18.7 Å². The van der Waals surface area contributed by atoms with Crippen LogP contribution >= 0.6 is 0 Å². The van der Waals surface area contributed by atoms with Gasteiger partial charge in [0.2, 0.25) is 0 Å². The summed E-state index contributed by atoms with van der Waals surface area (Å²) in [6.07, 6.45) is 6.09. The van der Waals surface area contributed by atoms with E-state index in [2.05, 4.69) is 14.9 Å². The van der Waals surface area contributed by atoms with E-state index >= 15 is 0 Å². The molecule has 0 bridgehead atoms. The molecular weight excluding hydrogens is 218 g/mol. The highest BCUT2D eigenvalue weighted by molar-refractivity contribution is 4.91. The molecule has 0 aliphatic heterocycles. The zero-order chi connectivity index (χ0) is 12.3. The average Bonchev–Trinajstić information content (AvgIpc) is 2.78. The van der Waals surface area contributed by atoms with Crippen LogP contribution in [-0.2, 0) is 22.6 Å². The molecule has 1 aromatic rings. The van der Waals surface area contributed by atoms with Gasteiger partial charge >= 0.3 is 0 Å². The summed E-state index contributed by atoms with van der Waals surface area (Å²) < 4.78 is 12.2. The van der Waals surface area contributed by atoms with Gasteiger partial charge < -0.3 is 19.4 Å². The summed E-state index contributed by atoms with van der Waals surface area (Å²) in [5, 5.41) is 3.30. The highest BCUT2D eigenvalue weighted by atomic mass is 16.5. The van der Waals surface area contributed by atoms with Crippen molar-refractivity contribution in [2.75, 3.05) is 34.0 Å². The second-order valence-electron chi connectivity index (χ2n) is 3.91. The molecule has 0 aromatic carbocycles. The number of rotatable bonds is 10. The van der Waals surface area contributed by atoms with Gasteiger partial charge in [0.1, 0.15) is 5.82 Å². The Balaban J connectivity index is 2.22. The van der Waals surface area contributed by atoms with Crippen LogP contribution in [0.5, 0.6) is 0 Å². The van der Waals surface area contributed by atoms with Crippen molar-refractivity contribution >= 4 is 0 Å². The second-order valence-corrected chi connectivity index (χ2v) is 3.91. The minimum atomic E-state index is 0.731. The average molecular weight is 241 g/mol. The van der Waals surface area contributed by atoms with E-state index in [9.17, 15) is 0 Å². The minimum Gasteiger partial charge on any atom is -0.385 e. The minimum absolute atomic E-state index is 0.731. The molecule has 1 N–H and O–H groups in total. The van der Waals surface area contributed by atoms with E-state index in [0.29, 0.717) is 0 Å². The number of methoxy groups -OCH3 is 2. The summed E-state index contributed by atoms with van der Waals surface area (Å²) in [4.78, 5) is 4.34. The predicted octanol–water partition coefficient (Wildman–Crippen LogP) is 1.05. The molecule has 1 aromatic heterocycles. The first-order chi connectivity index (χ1) is 8.38. The summed E-state index contributed by atoms with van der Waals surface area (Å²) in [6, 6.07) is 0. The maximum Gasteiger partial charge on any atom is 0.122 e. The summed E-state index contributed by atoms with van der Waals surface area (Å²) >= 11 is 0. The van der Waals surface area contributed by atoms with Crippen molar-refractivity contribution in [3.8, 4) is 0 Å². The molecule has 0 spiro atoms. The molecule has 17 heavy (non-hydrogen) atoms. The monoisotopic (exact) mass is 241 g/mol. The number of hydrogen-bond donors (Lipinski definition) is 1. The van der Waals surface area contributed by atoms with E-state index in [1.807, 2.05) is 12.4 Å². The molecule has 1 heterocycles. The van der Waals surface area contributed by atoms with Crippen LogP contribution in [0, 0.1) is 0 Å². The lowest BCUT2D eigenvalue weighted by Crippen LogP contribution is -2.21. The Morgan fingerprint density at radius 2 is 2.06 bits per heavy atom.